The van der Waals surface area contributed by atoms with Crippen LogP contribution in [0.25, 0.3) is 44.8 Å². The highest BCUT2D eigenvalue weighted by Crippen LogP contribution is 2.39. The molecule has 0 bridgehead atoms. The lowest BCUT2D eigenvalue weighted by Gasteiger charge is -2.32. The second-order valence-corrected chi connectivity index (χ2v) is 13.6. The molecule has 4 N–H and O–H groups in total. The number of hydrogen-bond acceptors (Lipinski definition) is 8. The third-order valence-electron chi connectivity index (χ3n) is 9.03. The van der Waals surface area contributed by atoms with Crippen LogP contribution in [0, 0.1) is 0 Å². The van der Waals surface area contributed by atoms with Gasteiger partial charge in [0.05, 0.1) is 22.5 Å². The molecule has 2 aliphatic heterocycles. The number of halogens is 2. The van der Waals surface area contributed by atoms with E-state index >= 15 is 0 Å². The molecular weight excluding hydrogens is 667 g/mol. The van der Waals surface area contributed by atoms with Gasteiger partial charge in [0.15, 0.2) is 11.6 Å². The third-order valence-corrected chi connectivity index (χ3v) is 9.54. The van der Waals surface area contributed by atoms with Crippen molar-refractivity contribution in [1.82, 2.24) is 41.0 Å². The molecule has 2 unspecified atom stereocenters. The average Bonchev–Trinajstić information content (AvgIpc) is 3.79. The number of nitrogens with zero attached hydrogens (tertiary/aromatic N) is 6. The van der Waals surface area contributed by atoms with Crippen LogP contribution in [-0.2, 0) is 0 Å². The Morgan fingerprint density at radius 3 is 1.28 bits per heavy atom. The first-order chi connectivity index (χ1) is 24.4. The molecule has 0 radical (unpaired) electrons. The summed E-state index contributed by atoms with van der Waals surface area (Å²) in [6.45, 7) is 10.1. The van der Waals surface area contributed by atoms with E-state index in [-0.39, 0.29) is 0 Å². The maximum absolute atomic E-state index is 6.05. The van der Waals surface area contributed by atoms with E-state index in [4.69, 9.17) is 23.2 Å². The van der Waals surface area contributed by atoms with Crippen molar-refractivity contribution < 1.29 is 0 Å². The number of aromatic nitrogens is 6. The number of aromatic amines is 2. The molecule has 0 amide bonds. The molecule has 0 spiro atoms. The number of nitrogens with one attached hydrogen (secondary N) is 4. The summed E-state index contributed by atoms with van der Waals surface area (Å²) in [6.07, 6.45) is 7.27. The Hall–Kier alpha value is -4.74. The summed E-state index contributed by atoms with van der Waals surface area (Å²) in [5.41, 5.74) is 8.58. The van der Waals surface area contributed by atoms with Gasteiger partial charge in [0.25, 0.3) is 0 Å². The predicted molar refractivity (Wildman–Crippen MR) is 204 cm³/mol. The second-order valence-electron chi connectivity index (χ2n) is 12.7. The molecule has 0 saturated carbocycles. The van der Waals surface area contributed by atoms with E-state index in [0.29, 0.717) is 12.1 Å². The van der Waals surface area contributed by atoms with Crippen molar-refractivity contribution in [1.29, 1.82) is 0 Å². The van der Waals surface area contributed by atoms with Crippen LogP contribution >= 0.6 is 23.2 Å². The molecule has 2 atom stereocenters. The van der Waals surface area contributed by atoms with Gasteiger partial charge in [-0.25, -0.2) is 0 Å². The zero-order valence-electron chi connectivity index (χ0n) is 28.1. The van der Waals surface area contributed by atoms with Crippen LogP contribution in [0.4, 0.5) is 11.6 Å². The molecule has 2 fully saturated rings. The van der Waals surface area contributed by atoms with Crippen LogP contribution in [0.3, 0.4) is 0 Å². The molecule has 4 aromatic heterocycles. The lowest BCUT2D eigenvalue weighted by atomic mass is 10.0. The zero-order valence-corrected chi connectivity index (χ0v) is 29.6. The summed E-state index contributed by atoms with van der Waals surface area (Å²) >= 11 is 12.1. The second kappa shape index (κ2) is 15.4. The van der Waals surface area contributed by atoms with Gasteiger partial charge in [-0.1, -0.05) is 47.5 Å². The Balaban J connectivity index is 0.000000157. The van der Waals surface area contributed by atoms with Crippen molar-refractivity contribution in [2.75, 3.05) is 49.1 Å². The van der Waals surface area contributed by atoms with E-state index in [0.717, 1.165) is 106 Å². The summed E-state index contributed by atoms with van der Waals surface area (Å²) in [6, 6.07) is 24.7. The van der Waals surface area contributed by atoms with Gasteiger partial charge in [0.2, 0.25) is 0 Å². The Labute approximate surface area is 302 Å². The maximum atomic E-state index is 6.05. The molecule has 6 aromatic rings. The van der Waals surface area contributed by atoms with Crippen molar-refractivity contribution in [3.63, 3.8) is 0 Å². The highest BCUT2D eigenvalue weighted by atomic mass is 35.5. The summed E-state index contributed by atoms with van der Waals surface area (Å²) < 4.78 is 0. The summed E-state index contributed by atoms with van der Waals surface area (Å²) in [7, 11) is 0. The van der Waals surface area contributed by atoms with Crippen molar-refractivity contribution in [2.45, 2.75) is 25.9 Å². The van der Waals surface area contributed by atoms with Crippen LogP contribution in [0.1, 0.15) is 13.8 Å². The molecule has 8 rings (SSSR count). The topological polar surface area (TPSA) is 114 Å². The molecule has 2 aliphatic rings. The van der Waals surface area contributed by atoms with E-state index in [1.165, 1.54) is 0 Å². The van der Waals surface area contributed by atoms with Crippen LogP contribution in [0.15, 0.2) is 97.6 Å². The van der Waals surface area contributed by atoms with Crippen molar-refractivity contribution in [3.05, 3.63) is 108 Å². The standard InChI is InChI=1S/2C19H20ClN5/c2*1-13-12-25(11-10-22-13)19-17(14-6-8-21-9-7-14)18(23-24-19)15-2-4-16(20)5-3-15/h2*2-9,13,22H,10-12H2,1H3,(H,23,24). The number of piperazine rings is 2. The fourth-order valence-corrected chi connectivity index (χ4v) is 6.86. The van der Waals surface area contributed by atoms with Gasteiger partial charge in [-0.3, -0.25) is 20.2 Å². The largest absolute Gasteiger partial charge is 0.352 e. The van der Waals surface area contributed by atoms with Crippen LogP contribution < -0.4 is 20.4 Å². The van der Waals surface area contributed by atoms with Crippen LogP contribution in [0.5, 0.6) is 0 Å². The smallest absolute Gasteiger partial charge is 0.159 e. The molecule has 10 nitrogen and oxygen atoms in total. The third kappa shape index (κ3) is 7.53. The highest BCUT2D eigenvalue weighted by molar-refractivity contribution is 6.31. The van der Waals surface area contributed by atoms with E-state index in [1.807, 2.05) is 97.6 Å². The molecule has 2 aromatic carbocycles. The van der Waals surface area contributed by atoms with Gasteiger partial charge < -0.3 is 20.4 Å². The summed E-state index contributed by atoms with van der Waals surface area (Å²) in [5, 5.41) is 24.2. The van der Waals surface area contributed by atoms with Gasteiger partial charge in [-0.15, -0.1) is 0 Å². The Morgan fingerprint density at radius 2 is 0.920 bits per heavy atom. The maximum Gasteiger partial charge on any atom is 0.159 e. The van der Waals surface area contributed by atoms with E-state index in [9.17, 15) is 0 Å². The van der Waals surface area contributed by atoms with Gasteiger partial charge in [-0.05, 0) is 73.5 Å². The van der Waals surface area contributed by atoms with Crippen molar-refractivity contribution >= 4 is 34.8 Å². The normalized spacial score (nSPS) is 17.7. The first-order valence-corrected chi connectivity index (χ1v) is 17.7. The molecule has 256 valence electrons. The summed E-state index contributed by atoms with van der Waals surface area (Å²) in [4.78, 5) is 13.0. The Bertz CT molecular complexity index is 1830. The zero-order chi connectivity index (χ0) is 34.5. The van der Waals surface area contributed by atoms with Gasteiger partial charge in [0, 0.05) is 97.3 Å². The lowest BCUT2D eigenvalue weighted by Crippen LogP contribution is -2.49. The van der Waals surface area contributed by atoms with Gasteiger partial charge in [-0.2, -0.15) is 10.2 Å². The number of pyridine rings is 2. The monoisotopic (exact) mass is 706 g/mol. The highest BCUT2D eigenvalue weighted by Gasteiger charge is 2.26. The van der Waals surface area contributed by atoms with E-state index in [1.54, 1.807) is 0 Å². The minimum atomic E-state index is 0.440. The molecule has 50 heavy (non-hydrogen) atoms. The molecule has 0 aliphatic carbocycles. The quantitative estimate of drug-likeness (QED) is 0.144. The first-order valence-electron chi connectivity index (χ1n) is 16.9. The predicted octanol–water partition coefficient (Wildman–Crippen LogP) is 7.18. The summed E-state index contributed by atoms with van der Waals surface area (Å²) in [5.74, 6) is 1.98. The van der Waals surface area contributed by atoms with Gasteiger partial charge in [0.1, 0.15) is 0 Å². The van der Waals surface area contributed by atoms with Crippen LogP contribution in [-0.4, -0.2) is 81.7 Å². The minimum Gasteiger partial charge on any atom is -0.352 e. The molecule has 6 heterocycles. The number of hydrogen-bond donors (Lipinski definition) is 4. The van der Waals surface area contributed by atoms with Gasteiger partial charge >= 0.3 is 0 Å². The average molecular weight is 708 g/mol. The van der Waals surface area contributed by atoms with E-state index in [2.05, 4.69) is 64.6 Å². The fourth-order valence-electron chi connectivity index (χ4n) is 6.61. The molecule has 12 heteroatoms. The number of H-pyrrole nitrogens is 2. The first kappa shape index (κ1) is 33.7. The van der Waals surface area contributed by atoms with Crippen molar-refractivity contribution in [2.24, 2.45) is 0 Å². The van der Waals surface area contributed by atoms with E-state index < -0.39 is 0 Å². The number of rotatable bonds is 6. The Kier molecular flexibility index (Phi) is 10.4. The Morgan fingerprint density at radius 1 is 0.540 bits per heavy atom. The molecule has 2 saturated heterocycles. The number of benzene rings is 2. The lowest BCUT2D eigenvalue weighted by molar-refractivity contribution is 0.482. The fraction of sp³-hybridized carbons (Fsp3) is 0.263. The minimum absolute atomic E-state index is 0.440. The van der Waals surface area contributed by atoms with Crippen molar-refractivity contribution in [3.8, 4) is 44.8 Å². The number of anilines is 2. The SMILES string of the molecule is CC1CN(c2n[nH]c(-c3ccc(Cl)cc3)c2-c2ccncc2)CCN1.CC1CN(c2n[nH]c(-c3ccc(Cl)cc3)c2-c2ccncc2)CCN1. The van der Waals surface area contributed by atoms with Crippen LogP contribution in [0.2, 0.25) is 10.0 Å². The molecular formula is C38H40Cl2N10.